The molecule has 2 saturated heterocycles. The van der Waals surface area contributed by atoms with Crippen LogP contribution in [0.5, 0.6) is 0 Å². The summed E-state index contributed by atoms with van der Waals surface area (Å²) in [5, 5.41) is 12.4. The van der Waals surface area contributed by atoms with Crippen LogP contribution in [0.4, 0.5) is 0 Å². The third kappa shape index (κ3) is 4.26. The van der Waals surface area contributed by atoms with Crippen LogP contribution in [0, 0.1) is 11.8 Å². The minimum absolute atomic E-state index is 0.336. The molecule has 1 aliphatic carbocycles. The number of aromatic nitrogens is 4. The van der Waals surface area contributed by atoms with Crippen molar-refractivity contribution in [2.45, 2.75) is 64.0 Å². The zero-order chi connectivity index (χ0) is 20.3. The minimum Gasteiger partial charge on any atom is -0.339 e. The Morgan fingerprint density at radius 3 is 2.50 bits per heavy atom. The van der Waals surface area contributed by atoms with E-state index in [0.29, 0.717) is 23.8 Å². The Kier molecular flexibility index (Phi) is 5.79. The van der Waals surface area contributed by atoms with Gasteiger partial charge in [0, 0.05) is 18.5 Å². The zero-order valence-electron chi connectivity index (χ0n) is 17.7. The summed E-state index contributed by atoms with van der Waals surface area (Å²) in [5.74, 6) is 2.31. The molecule has 1 amide bonds. The summed E-state index contributed by atoms with van der Waals surface area (Å²) in [5.41, 5.74) is 1.00. The van der Waals surface area contributed by atoms with Crippen LogP contribution in [0.3, 0.4) is 0 Å². The average molecular weight is 409 g/mol. The van der Waals surface area contributed by atoms with Gasteiger partial charge in [-0.15, -0.1) is 5.10 Å². The molecule has 0 unspecified atom stereocenters. The number of hydrogen-bond acceptors (Lipinski definition) is 5. The van der Waals surface area contributed by atoms with E-state index in [0.717, 1.165) is 63.4 Å². The molecule has 30 heavy (non-hydrogen) atoms. The van der Waals surface area contributed by atoms with E-state index in [-0.39, 0.29) is 0 Å². The molecule has 3 aliphatic rings. The number of likely N-dealkylation sites (tertiary alicyclic amines) is 2. The Balaban J connectivity index is 1.21. The maximum Gasteiger partial charge on any atom is 0.225 e. The van der Waals surface area contributed by atoms with E-state index in [2.05, 4.69) is 25.3 Å². The molecule has 1 saturated carbocycles. The summed E-state index contributed by atoms with van der Waals surface area (Å²) in [6.45, 7) is 3.85. The van der Waals surface area contributed by atoms with Crippen LogP contribution in [0.2, 0.25) is 0 Å². The van der Waals surface area contributed by atoms with E-state index in [9.17, 15) is 4.79 Å². The summed E-state index contributed by atoms with van der Waals surface area (Å²) in [6, 6.07) is 10.5. The largest absolute Gasteiger partial charge is 0.339 e. The maximum atomic E-state index is 12.9. The normalized spacial score (nSPS) is 24.0. The van der Waals surface area contributed by atoms with Crippen LogP contribution in [-0.4, -0.2) is 61.6 Å². The lowest BCUT2D eigenvalue weighted by molar-refractivity contribution is -0.136. The van der Waals surface area contributed by atoms with Gasteiger partial charge in [-0.1, -0.05) is 31.0 Å². The first-order valence-electron chi connectivity index (χ1n) is 11.6. The molecule has 5 rings (SSSR count). The lowest BCUT2D eigenvalue weighted by Crippen LogP contribution is -2.48. The number of tetrazole rings is 1. The third-order valence-corrected chi connectivity index (χ3v) is 7.09. The lowest BCUT2D eigenvalue weighted by atomic mass is 9.86. The predicted octanol–water partition coefficient (Wildman–Crippen LogP) is 3.06. The number of benzene rings is 1. The Morgan fingerprint density at radius 2 is 1.73 bits per heavy atom. The molecule has 160 valence electrons. The van der Waals surface area contributed by atoms with Crippen LogP contribution < -0.4 is 0 Å². The molecule has 0 bridgehead atoms. The molecule has 0 N–H and O–H groups in total. The predicted molar refractivity (Wildman–Crippen MR) is 114 cm³/mol. The summed E-state index contributed by atoms with van der Waals surface area (Å²) in [4.78, 5) is 17.7. The van der Waals surface area contributed by atoms with Crippen LogP contribution in [0.1, 0.15) is 57.2 Å². The number of nitrogens with zero attached hydrogens (tertiary/aromatic N) is 6. The van der Waals surface area contributed by atoms with Crippen molar-refractivity contribution in [2.75, 3.05) is 19.6 Å². The number of para-hydroxylation sites is 1. The molecule has 7 heteroatoms. The lowest BCUT2D eigenvalue weighted by Gasteiger charge is -2.40. The molecule has 3 fully saturated rings. The molecule has 1 aromatic heterocycles. The van der Waals surface area contributed by atoms with Gasteiger partial charge in [0.15, 0.2) is 5.82 Å². The van der Waals surface area contributed by atoms with Crippen molar-refractivity contribution in [1.82, 2.24) is 30.0 Å². The summed E-state index contributed by atoms with van der Waals surface area (Å²) >= 11 is 0. The summed E-state index contributed by atoms with van der Waals surface area (Å²) < 4.78 is 1.84. The van der Waals surface area contributed by atoms with E-state index in [1.165, 1.54) is 25.7 Å². The highest BCUT2D eigenvalue weighted by Crippen LogP contribution is 2.36. The van der Waals surface area contributed by atoms with Gasteiger partial charge in [-0.3, -0.25) is 9.69 Å². The second kappa shape index (κ2) is 8.84. The van der Waals surface area contributed by atoms with E-state index in [1.54, 1.807) is 0 Å². The molecular formula is C23H32N6O. The van der Waals surface area contributed by atoms with Gasteiger partial charge in [-0.2, -0.15) is 4.68 Å². The smallest absolute Gasteiger partial charge is 0.225 e. The van der Waals surface area contributed by atoms with Gasteiger partial charge in [0.1, 0.15) is 0 Å². The molecule has 1 aromatic carbocycles. The highest BCUT2D eigenvalue weighted by molar-refractivity contribution is 5.81. The molecule has 2 aromatic rings. The third-order valence-electron chi connectivity index (χ3n) is 7.09. The maximum absolute atomic E-state index is 12.9. The molecule has 7 nitrogen and oxygen atoms in total. The highest BCUT2D eigenvalue weighted by Gasteiger charge is 2.39. The van der Waals surface area contributed by atoms with Crippen LogP contribution in [0.25, 0.3) is 5.69 Å². The van der Waals surface area contributed by atoms with Crippen molar-refractivity contribution in [2.24, 2.45) is 11.8 Å². The van der Waals surface area contributed by atoms with Gasteiger partial charge >= 0.3 is 0 Å². The molecule has 2 aliphatic heterocycles. The van der Waals surface area contributed by atoms with Gasteiger partial charge in [0.25, 0.3) is 0 Å². The fourth-order valence-electron chi connectivity index (χ4n) is 5.23. The first-order chi connectivity index (χ1) is 14.8. The quantitative estimate of drug-likeness (QED) is 0.761. The number of amides is 1. The van der Waals surface area contributed by atoms with Gasteiger partial charge in [-0.05, 0) is 80.1 Å². The number of hydrogen-bond donors (Lipinski definition) is 0. The van der Waals surface area contributed by atoms with Gasteiger partial charge < -0.3 is 4.90 Å². The van der Waals surface area contributed by atoms with Crippen molar-refractivity contribution >= 4 is 5.91 Å². The Morgan fingerprint density at radius 1 is 0.933 bits per heavy atom. The molecule has 1 atom stereocenters. The van der Waals surface area contributed by atoms with Crippen molar-refractivity contribution in [3.8, 4) is 5.69 Å². The van der Waals surface area contributed by atoms with Crippen molar-refractivity contribution < 1.29 is 4.79 Å². The summed E-state index contributed by atoms with van der Waals surface area (Å²) in [6.07, 6.45) is 9.44. The average Bonchev–Trinajstić information content (AvgIpc) is 3.58. The second-order valence-corrected chi connectivity index (χ2v) is 9.18. The monoisotopic (exact) mass is 408 g/mol. The number of carbonyl (C=O) groups is 1. The topological polar surface area (TPSA) is 67.2 Å². The molecule has 0 spiro atoms. The van der Waals surface area contributed by atoms with E-state index < -0.39 is 0 Å². The SMILES string of the molecule is O=C(C1CC1)N1CCCCC[C@@H]1C1CCN(Cc2nnnn2-c2ccccc2)CC1. The Bertz CT molecular complexity index is 840. The molecular weight excluding hydrogens is 376 g/mol. The number of carbonyl (C=O) groups excluding carboxylic acids is 1. The van der Waals surface area contributed by atoms with Crippen molar-refractivity contribution in [1.29, 1.82) is 0 Å². The number of rotatable bonds is 5. The van der Waals surface area contributed by atoms with Gasteiger partial charge in [-0.25, -0.2) is 0 Å². The fourth-order valence-corrected chi connectivity index (χ4v) is 5.23. The Hall–Kier alpha value is -2.28. The molecule has 3 heterocycles. The van der Waals surface area contributed by atoms with E-state index >= 15 is 0 Å². The Labute approximate surface area is 178 Å². The van der Waals surface area contributed by atoms with E-state index in [1.807, 2.05) is 35.0 Å². The van der Waals surface area contributed by atoms with Crippen molar-refractivity contribution in [3.05, 3.63) is 36.2 Å². The molecule has 0 radical (unpaired) electrons. The zero-order valence-corrected chi connectivity index (χ0v) is 17.7. The number of piperidine rings is 1. The van der Waals surface area contributed by atoms with Crippen LogP contribution in [-0.2, 0) is 11.3 Å². The second-order valence-electron chi connectivity index (χ2n) is 9.18. The van der Waals surface area contributed by atoms with Gasteiger partial charge in [0.05, 0.1) is 12.2 Å². The first kappa shape index (κ1) is 19.7. The fraction of sp³-hybridized carbons (Fsp3) is 0.652. The van der Waals surface area contributed by atoms with Gasteiger partial charge in [0.2, 0.25) is 5.91 Å². The standard InChI is InChI=1S/C23H32N6O/c30-23(19-10-11-19)28-14-6-2-5-9-21(28)18-12-15-27(16-13-18)17-22-24-25-26-29(22)20-7-3-1-4-8-20/h1,3-4,7-8,18-19,21H,2,5-6,9-17H2/t21-/m1/s1. The van der Waals surface area contributed by atoms with Crippen LogP contribution in [0.15, 0.2) is 30.3 Å². The van der Waals surface area contributed by atoms with E-state index in [4.69, 9.17) is 0 Å². The first-order valence-corrected chi connectivity index (χ1v) is 11.6. The van der Waals surface area contributed by atoms with Crippen molar-refractivity contribution in [3.63, 3.8) is 0 Å². The highest BCUT2D eigenvalue weighted by atomic mass is 16.2. The summed E-state index contributed by atoms with van der Waals surface area (Å²) in [7, 11) is 0. The minimum atomic E-state index is 0.336. The van der Waals surface area contributed by atoms with Crippen LogP contribution >= 0.6 is 0 Å².